The van der Waals surface area contributed by atoms with Crippen molar-refractivity contribution in [2.75, 3.05) is 13.1 Å². The Kier molecular flexibility index (Phi) is 1.83. The summed E-state index contributed by atoms with van der Waals surface area (Å²) in [6.07, 6.45) is 4.23. The minimum Gasteiger partial charge on any atom is -0.481 e. The van der Waals surface area contributed by atoms with Crippen molar-refractivity contribution >= 4 is 5.97 Å². The highest BCUT2D eigenvalue weighted by Gasteiger charge is 2.57. The van der Waals surface area contributed by atoms with Crippen LogP contribution in [-0.2, 0) is 4.79 Å². The molecule has 3 heteroatoms. The van der Waals surface area contributed by atoms with Crippen molar-refractivity contribution in [2.24, 2.45) is 11.3 Å². The lowest BCUT2D eigenvalue weighted by molar-refractivity contribution is -0.139. The largest absolute Gasteiger partial charge is 0.481 e. The average Bonchev–Trinajstić information content (AvgIpc) is 2.77. The minimum atomic E-state index is -0.586. The fourth-order valence-corrected chi connectivity index (χ4v) is 2.40. The third-order valence-corrected chi connectivity index (χ3v) is 3.32. The number of aliphatic carboxylic acids is 1. The number of carboxylic acid groups (broad SMARTS) is 1. The molecule has 1 aliphatic heterocycles. The van der Waals surface area contributed by atoms with E-state index in [1.165, 1.54) is 0 Å². The van der Waals surface area contributed by atoms with Crippen molar-refractivity contribution in [3.63, 3.8) is 0 Å². The highest BCUT2D eigenvalue weighted by Crippen LogP contribution is 2.58. The Hall–Kier alpha value is -0.570. The third kappa shape index (κ3) is 1.22. The van der Waals surface area contributed by atoms with E-state index in [0.29, 0.717) is 0 Å². The van der Waals surface area contributed by atoms with Crippen LogP contribution in [0.3, 0.4) is 0 Å². The first-order chi connectivity index (χ1) is 5.75. The highest BCUT2D eigenvalue weighted by atomic mass is 16.4. The number of hydrogen-bond acceptors (Lipinski definition) is 2. The molecule has 1 aliphatic carbocycles. The summed E-state index contributed by atoms with van der Waals surface area (Å²) in [5.41, 5.74) is 0.190. The van der Waals surface area contributed by atoms with E-state index >= 15 is 0 Å². The van der Waals surface area contributed by atoms with Crippen LogP contribution < -0.4 is 5.32 Å². The summed E-state index contributed by atoms with van der Waals surface area (Å²) in [5, 5.41) is 12.2. The van der Waals surface area contributed by atoms with Gasteiger partial charge in [0, 0.05) is 0 Å². The standard InChI is InChI=1S/C9H15NO2/c11-8(12)7-6-9(7)2-1-4-10-5-3-9/h7,10H,1-6H2,(H,11,12). The van der Waals surface area contributed by atoms with E-state index in [1.807, 2.05) is 0 Å². The topological polar surface area (TPSA) is 49.3 Å². The first-order valence-electron chi connectivity index (χ1n) is 4.68. The fraction of sp³-hybridized carbons (Fsp3) is 0.889. The normalized spacial score (nSPS) is 40.8. The predicted octanol–water partition coefficient (Wildman–Crippen LogP) is 0.851. The maximum Gasteiger partial charge on any atom is 0.307 e. The maximum absolute atomic E-state index is 10.7. The quantitative estimate of drug-likeness (QED) is 0.612. The molecule has 0 bridgehead atoms. The second-order valence-electron chi connectivity index (χ2n) is 4.06. The van der Waals surface area contributed by atoms with Crippen molar-refractivity contribution in [3.05, 3.63) is 0 Å². The van der Waals surface area contributed by atoms with E-state index in [0.717, 1.165) is 38.8 Å². The zero-order chi connectivity index (χ0) is 8.60. The monoisotopic (exact) mass is 169 g/mol. The van der Waals surface area contributed by atoms with Gasteiger partial charge in [0.15, 0.2) is 0 Å². The lowest BCUT2D eigenvalue weighted by atomic mass is 9.94. The molecule has 2 fully saturated rings. The minimum absolute atomic E-state index is 0.0302. The molecule has 2 N–H and O–H groups in total. The Morgan fingerprint density at radius 1 is 1.42 bits per heavy atom. The molecule has 1 saturated heterocycles. The van der Waals surface area contributed by atoms with E-state index in [4.69, 9.17) is 5.11 Å². The van der Waals surface area contributed by atoms with Gasteiger partial charge in [-0.2, -0.15) is 0 Å². The first kappa shape index (κ1) is 8.05. The van der Waals surface area contributed by atoms with E-state index < -0.39 is 5.97 Å². The Morgan fingerprint density at radius 3 is 2.92 bits per heavy atom. The third-order valence-electron chi connectivity index (χ3n) is 3.32. The molecule has 2 atom stereocenters. The molecule has 1 heterocycles. The van der Waals surface area contributed by atoms with Gasteiger partial charge in [0.2, 0.25) is 0 Å². The van der Waals surface area contributed by atoms with Crippen molar-refractivity contribution < 1.29 is 9.90 Å². The maximum atomic E-state index is 10.7. The zero-order valence-electron chi connectivity index (χ0n) is 7.18. The van der Waals surface area contributed by atoms with Gasteiger partial charge in [-0.25, -0.2) is 0 Å². The molecule has 3 nitrogen and oxygen atoms in total. The van der Waals surface area contributed by atoms with E-state index in [-0.39, 0.29) is 11.3 Å². The molecule has 1 saturated carbocycles. The molecule has 2 rings (SSSR count). The van der Waals surface area contributed by atoms with Gasteiger partial charge in [0.05, 0.1) is 5.92 Å². The lowest BCUT2D eigenvalue weighted by Crippen LogP contribution is -2.15. The van der Waals surface area contributed by atoms with E-state index in [9.17, 15) is 4.79 Å². The molecule has 1 spiro atoms. The molecular weight excluding hydrogens is 154 g/mol. The molecule has 2 unspecified atom stereocenters. The summed E-state index contributed by atoms with van der Waals surface area (Å²) < 4.78 is 0. The second-order valence-corrected chi connectivity index (χ2v) is 4.06. The van der Waals surface area contributed by atoms with Gasteiger partial charge >= 0.3 is 5.97 Å². The number of nitrogens with one attached hydrogen (secondary N) is 1. The fourth-order valence-electron chi connectivity index (χ4n) is 2.40. The van der Waals surface area contributed by atoms with Gasteiger partial charge in [-0.05, 0) is 44.2 Å². The van der Waals surface area contributed by atoms with Gasteiger partial charge in [-0.15, -0.1) is 0 Å². The Labute approximate surface area is 72.2 Å². The SMILES string of the molecule is O=C(O)C1CC12CCCNCC2. The molecule has 0 amide bonds. The van der Waals surface area contributed by atoms with Crippen molar-refractivity contribution in [1.29, 1.82) is 0 Å². The van der Waals surface area contributed by atoms with Gasteiger partial charge in [-0.3, -0.25) is 4.79 Å². The van der Waals surface area contributed by atoms with Crippen LogP contribution in [0.5, 0.6) is 0 Å². The molecule has 2 aliphatic rings. The molecule has 0 aromatic heterocycles. The van der Waals surface area contributed by atoms with Crippen LogP contribution in [0.2, 0.25) is 0 Å². The Bertz CT molecular complexity index is 195. The average molecular weight is 169 g/mol. The Balaban J connectivity index is 1.98. The first-order valence-corrected chi connectivity index (χ1v) is 4.68. The zero-order valence-corrected chi connectivity index (χ0v) is 7.18. The van der Waals surface area contributed by atoms with Gasteiger partial charge in [0.25, 0.3) is 0 Å². The highest BCUT2D eigenvalue weighted by molar-refractivity contribution is 5.74. The van der Waals surface area contributed by atoms with Crippen LogP contribution in [0.15, 0.2) is 0 Å². The van der Waals surface area contributed by atoms with E-state index in [2.05, 4.69) is 5.32 Å². The number of rotatable bonds is 1. The lowest BCUT2D eigenvalue weighted by Gasteiger charge is -2.10. The van der Waals surface area contributed by atoms with Crippen molar-refractivity contribution in [1.82, 2.24) is 5.32 Å². The molecule has 0 aromatic rings. The molecule has 0 radical (unpaired) electrons. The molecule has 12 heavy (non-hydrogen) atoms. The smallest absolute Gasteiger partial charge is 0.307 e. The predicted molar refractivity (Wildman–Crippen MR) is 44.9 cm³/mol. The molecule has 0 aromatic carbocycles. The summed E-state index contributed by atoms with van der Waals surface area (Å²) in [5.74, 6) is -0.616. The van der Waals surface area contributed by atoms with Gasteiger partial charge in [-0.1, -0.05) is 0 Å². The van der Waals surface area contributed by atoms with Crippen LogP contribution in [0.1, 0.15) is 25.7 Å². The van der Waals surface area contributed by atoms with Crippen LogP contribution in [0.4, 0.5) is 0 Å². The van der Waals surface area contributed by atoms with Gasteiger partial charge < -0.3 is 10.4 Å². The number of hydrogen-bond donors (Lipinski definition) is 2. The number of carboxylic acids is 1. The van der Waals surface area contributed by atoms with Crippen LogP contribution in [0.25, 0.3) is 0 Å². The molecule has 68 valence electrons. The van der Waals surface area contributed by atoms with Crippen molar-refractivity contribution in [2.45, 2.75) is 25.7 Å². The molecular formula is C9H15NO2. The summed E-state index contributed by atoms with van der Waals surface area (Å²) in [7, 11) is 0. The van der Waals surface area contributed by atoms with Gasteiger partial charge in [0.1, 0.15) is 0 Å². The Morgan fingerprint density at radius 2 is 2.25 bits per heavy atom. The van der Waals surface area contributed by atoms with Crippen LogP contribution >= 0.6 is 0 Å². The summed E-state index contributed by atoms with van der Waals surface area (Å²) in [4.78, 5) is 10.7. The van der Waals surface area contributed by atoms with E-state index in [1.54, 1.807) is 0 Å². The van der Waals surface area contributed by atoms with Crippen LogP contribution in [0, 0.1) is 11.3 Å². The van der Waals surface area contributed by atoms with Crippen molar-refractivity contribution in [3.8, 4) is 0 Å². The summed E-state index contributed by atoms with van der Waals surface area (Å²) in [6, 6.07) is 0. The summed E-state index contributed by atoms with van der Waals surface area (Å²) in [6.45, 7) is 2.07. The summed E-state index contributed by atoms with van der Waals surface area (Å²) >= 11 is 0. The van der Waals surface area contributed by atoms with Crippen LogP contribution in [-0.4, -0.2) is 24.2 Å². The second kappa shape index (κ2) is 2.73. The number of carbonyl (C=O) groups is 1.